The molecule has 0 spiro atoms. The van der Waals surface area contributed by atoms with Crippen molar-refractivity contribution in [3.8, 4) is 0 Å². The van der Waals surface area contributed by atoms with Crippen LogP contribution in [-0.4, -0.2) is 10.2 Å². The topological polar surface area (TPSA) is 60.2 Å². The molecule has 0 N–H and O–H groups in total. The molecule has 0 aliphatic carbocycles. The Morgan fingerprint density at radius 1 is 1.14 bits per heavy atom. The summed E-state index contributed by atoms with van der Waals surface area (Å²) in [6, 6.07) is 15.5. The Morgan fingerprint density at radius 2 is 1.71 bits per heavy atom. The first-order valence-electron chi connectivity index (χ1n) is 6.42. The van der Waals surface area contributed by atoms with Crippen molar-refractivity contribution in [2.24, 2.45) is 0 Å². The van der Waals surface area contributed by atoms with Gasteiger partial charge in [-0.2, -0.15) is 0 Å². The SMILES string of the molecule is CC(Cc1ccccc1)(C(=O)Cl)c1ccc([N+](=O)[O-])cc1. The van der Waals surface area contributed by atoms with Crippen LogP contribution >= 0.6 is 11.6 Å². The lowest BCUT2D eigenvalue weighted by atomic mass is 9.78. The highest BCUT2D eigenvalue weighted by molar-refractivity contribution is 6.65. The normalized spacial score (nSPS) is 13.4. The summed E-state index contributed by atoms with van der Waals surface area (Å²) in [6.45, 7) is 1.75. The van der Waals surface area contributed by atoms with E-state index in [0.717, 1.165) is 5.56 Å². The van der Waals surface area contributed by atoms with Crippen LogP contribution in [0.1, 0.15) is 18.1 Å². The van der Waals surface area contributed by atoms with Crippen LogP contribution < -0.4 is 0 Å². The number of carbonyl (C=O) groups is 1. The smallest absolute Gasteiger partial charge is 0.269 e. The zero-order chi connectivity index (χ0) is 15.5. The van der Waals surface area contributed by atoms with Gasteiger partial charge in [0.25, 0.3) is 5.69 Å². The first kappa shape index (κ1) is 15.2. The predicted molar refractivity (Wildman–Crippen MR) is 81.5 cm³/mol. The fraction of sp³-hybridized carbons (Fsp3) is 0.188. The van der Waals surface area contributed by atoms with Gasteiger partial charge in [-0.15, -0.1) is 0 Å². The van der Waals surface area contributed by atoms with Gasteiger partial charge in [0.1, 0.15) is 0 Å². The van der Waals surface area contributed by atoms with Crippen LogP contribution in [0.2, 0.25) is 0 Å². The number of halogens is 1. The Balaban J connectivity index is 2.37. The first-order valence-corrected chi connectivity index (χ1v) is 6.80. The second-order valence-electron chi connectivity index (χ2n) is 5.07. The maximum atomic E-state index is 11.9. The van der Waals surface area contributed by atoms with E-state index in [2.05, 4.69) is 0 Å². The number of non-ortho nitro benzene ring substituents is 1. The molecule has 5 heteroatoms. The molecule has 0 saturated carbocycles. The van der Waals surface area contributed by atoms with Crippen molar-refractivity contribution in [3.63, 3.8) is 0 Å². The Kier molecular flexibility index (Phi) is 4.38. The first-order chi connectivity index (χ1) is 9.93. The number of carbonyl (C=O) groups excluding carboxylic acids is 1. The highest BCUT2D eigenvalue weighted by Gasteiger charge is 2.34. The quantitative estimate of drug-likeness (QED) is 0.479. The largest absolute Gasteiger partial charge is 0.280 e. The van der Waals surface area contributed by atoms with Gasteiger partial charge >= 0.3 is 0 Å². The third-order valence-electron chi connectivity index (χ3n) is 3.55. The molecule has 0 heterocycles. The second-order valence-corrected chi connectivity index (χ2v) is 5.42. The van der Waals surface area contributed by atoms with Crippen LogP contribution in [0.5, 0.6) is 0 Å². The van der Waals surface area contributed by atoms with Crippen LogP contribution in [0.4, 0.5) is 5.69 Å². The standard InChI is InChI=1S/C16H14ClNO3/c1-16(15(17)19,11-12-5-3-2-4-6-12)13-7-9-14(10-8-13)18(20)21/h2-10H,11H2,1H3. The molecule has 0 aliphatic heterocycles. The lowest BCUT2D eigenvalue weighted by molar-refractivity contribution is -0.384. The fourth-order valence-corrected chi connectivity index (χ4v) is 2.42. The number of benzene rings is 2. The molecular formula is C16H14ClNO3. The number of hydrogen-bond donors (Lipinski definition) is 0. The highest BCUT2D eigenvalue weighted by atomic mass is 35.5. The molecular weight excluding hydrogens is 290 g/mol. The van der Waals surface area contributed by atoms with Gasteiger partial charge in [-0.25, -0.2) is 0 Å². The summed E-state index contributed by atoms with van der Waals surface area (Å²) in [4.78, 5) is 22.1. The average molecular weight is 304 g/mol. The van der Waals surface area contributed by atoms with Gasteiger partial charge in [-0.3, -0.25) is 14.9 Å². The van der Waals surface area contributed by atoms with Crippen molar-refractivity contribution < 1.29 is 9.72 Å². The van der Waals surface area contributed by atoms with E-state index in [1.165, 1.54) is 12.1 Å². The summed E-state index contributed by atoms with van der Waals surface area (Å²) in [5.74, 6) is 0. The van der Waals surface area contributed by atoms with Crippen molar-refractivity contribution in [2.45, 2.75) is 18.8 Å². The van der Waals surface area contributed by atoms with Crippen LogP contribution in [0.3, 0.4) is 0 Å². The Hall–Kier alpha value is -2.20. The molecule has 4 nitrogen and oxygen atoms in total. The van der Waals surface area contributed by atoms with E-state index < -0.39 is 15.6 Å². The molecule has 2 aromatic rings. The maximum absolute atomic E-state index is 11.9. The number of rotatable bonds is 5. The molecule has 21 heavy (non-hydrogen) atoms. The number of nitro groups is 1. The van der Waals surface area contributed by atoms with Gasteiger partial charge < -0.3 is 0 Å². The lowest BCUT2D eigenvalue weighted by Gasteiger charge is -2.26. The van der Waals surface area contributed by atoms with E-state index in [0.29, 0.717) is 12.0 Å². The van der Waals surface area contributed by atoms with E-state index in [1.54, 1.807) is 19.1 Å². The summed E-state index contributed by atoms with van der Waals surface area (Å²) in [5.41, 5.74) is 0.713. The summed E-state index contributed by atoms with van der Waals surface area (Å²) in [6.07, 6.45) is 0.438. The molecule has 0 bridgehead atoms. The highest BCUT2D eigenvalue weighted by Crippen LogP contribution is 2.32. The molecule has 2 aromatic carbocycles. The van der Waals surface area contributed by atoms with Gasteiger partial charge in [0.2, 0.25) is 5.24 Å². The minimum Gasteiger partial charge on any atom is -0.280 e. The van der Waals surface area contributed by atoms with Gasteiger partial charge in [0, 0.05) is 12.1 Å². The van der Waals surface area contributed by atoms with Crippen LogP contribution in [-0.2, 0) is 16.6 Å². The molecule has 0 saturated heterocycles. The number of nitrogens with zero attached hydrogens (tertiary/aromatic N) is 1. The van der Waals surface area contributed by atoms with Gasteiger partial charge in [-0.1, -0.05) is 42.5 Å². The van der Waals surface area contributed by atoms with Crippen molar-refractivity contribution in [1.29, 1.82) is 0 Å². The molecule has 0 aromatic heterocycles. The van der Waals surface area contributed by atoms with Crippen LogP contribution in [0, 0.1) is 10.1 Å². The molecule has 1 atom stereocenters. The average Bonchev–Trinajstić information content (AvgIpc) is 2.48. The third kappa shape index (κ3) is 3.28. The molecule has 0 fully saturated rings. The molecule has 0 aliphatic rings. The van der Waals surface area contributed by atoms with E-state index in [1.807, 2.05) is 30.3 Å². The van der Waals surface area contributed by atoms with Crippen LogP contribution in [0.15, 0.2) is 54.6 Å². The van der Waals surface area contributed by atoms with Crippen LogP contribution in [0.25, 0.3) is 0 Å². The lowest BCUT2D eigenvalue weighted by Crippen LogP contribution is -2.31. The van der Waals surface area contributed by atoms with E-state index in [9.17, 15) is 14.9 Å². The minimum absolute atomic E-state index is 0.0113. The zero-order valence-electron chi connectivity index (χ0n) is 11.5. The van der Waals surface area contributed by atoms with Crippen molar-refractivity contribution in [1.82, 2.24) is 0 Å². The number of hydrogen-bond acceptors (Lipinski definition) is 3. The minimum atomic E-state index is -0.919. The Morgan fingerprint density at radius 3 is 2.19 bits per heavy atom. The Bertz CT molecular complexity index is 655. The molecule has 0 radical (unpaired) electrons. The molecule has 0 amide bonds. The van der Waals surface area contributed by atoms with Gasteiger partial charge in [0.15, 0.2) is 0 Å². The molecule has 2 rings (SSSR count). The van der Waals surface area contributed by atoms with E-state index >= 15 is 0 Å². The molecule has 108 valence electrons. The second kappa shape index (κ2) is 6.06. The monoisotopic (exact) mass is 303 g/mol. The summed E-state index contributed by atoms with van der Waals surface area (Å²) < 4.78 is 0. The van der Waals surface area contributed by atoms with E-state index in [-0.39, 0.29) is 5.69 Å². The number of nitro benzene ring substituents is 1. The Labute approximate surface area is 127 Å². The maximum Gasteiger partial charge on any atom is 0.269 e. The zero-order valence-corrected chi connectivity index (χ0v) is 12.2. The van der Waals surface area contributed by atoms with E-state index in [4.69, 9.17) is 11.6 Å². The van der Waals surface area contributed by atoms with Crippen molar-refractivity contribution in [3.05, 3.63) is 75.8 Å². The fourth-order valence-electron chi connectivity index (χ4n) is 2.24. The van der Waals surface area contributed by atoms with Gasteiger partial charge in [-0.05, 0) is 36.1 Å². The predicted octanol–water partition coefficient (Wildman–Crippen LogP) is 3.86. The molecule has 1 unspecified atom stereocenters. The summed E-state index contributed by atoms with van der Waals surface area (Å²) >= 11 is 5.80. The third-order valence-corrected chi connectivity index (χ3v) is 3.97. The summed E-state index contributed by atoms with van der Waals surface area (Å²) in [5, 5.41) is 10.2. The van der Waals surface area contributed by atoms with Gasteiger partial charge in [0.05, 0.1) is 10.3 Å². The van der Waals surface area contributed by atoms with Crippen molar-refractivity contribution in [2.75, 3.05) is 0 Å². The summed E-state index contributed by atoms with van der Waals surface area (Å²) in [7, 11) is 0. The van der Waals surface area contributed by atoms with Crippen molar-refractivity contribution >= 4 is 22.5 Å².